The van der Waals surface area contributed by atoms with Gasteiger partial charge in [-0.05, 0) is 0 Å². The number of rotatable bonds is 0. The first-order valence-electron chi connectivity index (χ1n) is 0.925. The van der Waals surface area contributed by atoms with Gasteiger partial charge in [-0.3, -0.25) is 0 Å². The molecule has 0 aliphatic rings. The fourth-order valence-electron chi connectivity index (χ4n) is 0. The van der Waals surface area contributed by atoms with Crippen molar-refractivity contribution in [2.24, 2.45) is 0 Å². The second-order valence-electron chi connectivity index (χ2n) is 0.513. The summed E-state index contributed by atoms with van der Waals surface area (Å²) >= 11 is 2.41. The van der Waals surface area contributed by atoms with E-state index in [0.29, 0.717) is 0 Å². The van der Waals surface area contributed by atoms with Gasteiger partial charge in [0.25, 0.3) is 0 Å². The van der Waals surface area contributed by atoms with Gasteiger partial charge >= 0.3 is 33.0 Å². The van der Waals surface area contributed by atoms with E-state index >= 15 is 0 Å². The van der Waals surface area contributed by atoms with Crippen LogP contribution < -0.4 is 0 Å². The predicted molar refractivity (Wildman–Crippen MR) is 20.1 cm³/mol. The fourth-order valence-corrected chi connectivity index (χ4v) is 0. The van der Waals surface area contributed by atoms with E-state index in [2.05, 4.69) is 25.2 Å². The van der Waals surface area contributed by atoms with Crippen LogP contribution in [0.1, 0.15) is 0 Å². The zero-order chi connectivity index (χ0) is 6.50. The van der Waals surface area contributed by atoms with Gasteiger partial charge in [-0.2, -0.15) is 0 Å². The van der Waals surface area contributed by atoms with Gasteiger partial charge < -0.3 is 14.7 Å². The third-order valence-electron chi connectivity index (χ3n) is 0. The molecule has 0 spiro atoms. The van der Waals surface area contributed by atoms with Crippen LogP contribution in [-0.4, -0.2) is 14.7 Å². The van der Waals surface area contributed by atoms with Crippen molar-refractivity contribution in [2.75, 3.05) is 0 Å². The summed E-state index contributed by atoms with van der Waals surface area (Å²) in [4.78, 5) is 21.6. The van der Waals surface area contributed by atoms with E-state index in [1.54, 1.807) is 0 Å². The maximum atomic E-state index is 8.88. The van der Waals surface area contributed by atoms with E-state index in [0.717, 1.165) is 0 Å². The maximum absolute atomic E-state index is 8.88. The second-order valence-corrected chi connectivity index (χ2v) is 1.54. The molecule has 0 aromatic rings. The zero-order valence-electron chi connectivity index (χ0n) is 2.95. The molecule has 0 aliphatic carbocycles. The van der Waals surface area contributed by atoms with Crippen LogP contribution in [0, 0.1) is 0 Å². The van der Waals surface area contributed by atoms with E-state index in [1.807, 2.05) is 0 Å². The van der Waals surface area contributed by atoms with Crippen molar-refractivity contribution in [1.29, 1.82) is 0 Å². The third kappa shape index (κ3) is 198. The predicted octanol–water partition coefficient (Wildman–Crippen LogP) is -0.242. The normalized spacial score (nSPS) is 9.29. The monoisotopic (exact) mass is 188 g/mol. The molecule has 0 radical (unpaired) electrons. The van der Waals surface area contributed by atoms with Gasteiger partial charge in [-0.1, -0.05) is 0 Å². The Morgan fingerprint density at radius 1 is 1.29 bits per heavy atom. The van der Waals surface area contributed by atoms with Gasteiger partial charge in [0.1, 0.15) is 0 Å². The molecule has 0 aromatic carbocycles. The SMILES string of the molecule is O=P(O)(O)O.[Cl][Mn]. The Morgan fingerprint density at radius 3 is 1.29 bits per heavy atom. The summed E-state index contributed by atoms with van der Waals surface area (Å²) in [7, 11) is -0.188. The summed E-state index contributed by atoms with van der Waals surface area (Å²) in [6, 6.07) is 0. The van der Waals surface area contributed by atoms with Crippen LogP contribution >= 0.6 is 17.9 Å². The number of hydrogen-bond donors (Lipinski definition) is 3. The zero-order valence-corrected chi connectivity index (χ0v) is 5.78. The Labute approximate surface area is 52.8 Å². The Morgan fingerprint density at radius 2 is 1.29 bits per heavy atom. The third-order valence-corrected chi connectivity index (χ3v) is 0. The summed E-state index contributed by atoms with van der Waals surface area (Å²) in [5, 5.41) is 0. The molecule has 0 saturated heterocycles. The van der Waals surface area contributed by atoms with Crippen LogP contribution in [0.3, 0.4) is 0 Å². The molecule has 0 fully saturated rings. The molecule has 0 aliphatic heterocycles. The Bertz CT molecular complexity index is 57.8. The van der Waals surface area contributed by atoms with Gasteiger partial charge in [-0.15, -0.1) is 0 Å². The van der Waals surface area contributed by atoms with Crippen LogP contribution in [0.4, 0.5) is 0 Å². The van der Waals surface area contributed by atoms with Crippen LogP contribution in [0.15, 0.2) is 0 Å². The van der Waals surface area contributed by atoms with E-state index < -0.39 is 7.82 Å². The van der Waals surface area contributed by atoms with Crippen LogP contribution in [0.5, 0.6) is 0 Å². The standard InChI is InChI=1S/ClH.Mn.H3O4P/c;;1-5(2,3)4/h1H;;(H3,1,2,3,4)/q;+1;/p-1. The molecule has 7 heavy (non-hydrogen) atoms. The summed E-state index contributed by atoms with van der Waals surface area (Å²) in [6.45, 7) is 0. The minimum absolute atomic E-state index is 2.41. The molecule has 0 rings (SSSR count). The average molecular weight is 188 g/mol. The molecule has 3 N–H and O–H groups in total. The molecule has 7 heteroatoms. The van der Waals surface area contributed by atoms with Crippen molar-refractivity contribution < 1.29 is 34.3 Å². The average Bonchev–Trinajstić information content (AvgIpc) is 1.36. The van der Waals surface area contributed by atoms with Crippen LogP contribution in [0.2, 0.25) is 0 Å². The van der Waals surface area contributed by atoms with E-state index in [9.17, 15) is 0 Å². The number of halogens is 1. The molecule has 0 atom stereocenters. The molecule has 0 saturated carbocycles. The van der Waals surface area contributed by atoms with Crippen molar-refractivity contribution >= 4 is 17.9 Å². The van der Waals surface area contributed by atoms with Gasteiger partial charge in [0.15, 0.2) is 0 Å². The topological polar surface area (TPSA) is 77.8 Å². The van der Waals surface area contributed by atoms with E-state index in [1.165, 1.54) is 0 Å². The molecule has 0 heterocycles. The molecule has 0 aromatic heterocycles. The second kappa shape index (κ2) is 5.06. The molecule has 4 nitrogen and oxygen atoms in total. The first kappa shape index (κ1) is 10.8. The molecule has 0 unspecified atom stereocenters. The van der Waals surface area contributed by atoms with Gasteiger partial charge in [0, 0.05) is 0 Å². The first-order valence-corrected chi connectivity index (χ1v) is 4.11. The fraction of sp³-hybridized carbons (Fsp3) is 0. The van der Waals surface area contributed by atoms with Gasteiger partial charge in [-0.25, -0.2) is 4.57 Å². The Hall–Kier alpha value is 0.919. The summed E-state index contributed by atoms with van der Waals surface area (Å²) in [5.41, 5.74) is 0. The van der Waals surface area contributed by atoms with Crippen LogP contribution in [0.25, 0.3) is 0 Å². The van der Waals surface area contributed by atoms with E-state index in [-0.39, 0.29) is 0 Å². The molecular formula is H3ClMnO4P. The number of phosphoric acid groups is 1. The summed E-state index contributed by atoms with van der Waals surface area (Å²) in [6.07, 6.45) is 0. The molecule has 46 valence electrons. The Kier molecular flexibility index (Phi) is 7.83. The first-order chi connectivity index (χ1) is 3.00. The van der Waals surface area contributed by atoms with Crippen molar-refractivity contribution in [3.63, 3.8) is 0 Å². The van der Waals surface area contributed by atoms with Crippen molar-refractivity contribution in [3.05, 3.63) is 0 Å². The van der Waals surface area contributed by atoms with E-state index in [4.69, 9.17) is 19.2 Å². The minimum atomic E-state index is -4.64. The summed E-state index contributed by atoms with van der Waals surface area (Å²) in [5.74, 6) is 0. The molecule has 0 bridgehead atoms. The van der Waals surface area contributed by atoms with Gasteiger partial charge in [0.05, 0.1) is 0 Å². The van der Waals surface area contributed by atoms with Crippen molar-refractivity contribution in [3.8, 4) is 0 Å². The summed E-state index contributed by atoms with van der Waals surface area (Å²) < 4.78 is 8.88. The van der Waals surface area contributed by atoms with Crippen LogP contribution in [-0.2, 0) is 19.7 Å². The quantitative estimate of drug-likeness (QED) is 0.362. The molecular weight excluding hydrogens is 185 g/mol. The molecule has 0 amide bonds. The van der Waals surface area contributed by atoms with Crippen molar-refractivity contribution in [2.45, 2.75) is 0 Å². The number of hydrogen-bond acceptors (Lipinski definition) is 1. The van der Waals surface area contributed by atoms with Crippen molar-refractivity contribution in [1.82, 2.24) is 0 Å². The Balaban J connectivity index is 0. The van der Waals surface area contributed by atoms with Gasteiger partial charge in [0.2, 0.25) is 0 Å².